The standard InChI is InChI=1S/C12H6Cl2F2N2O/c13-7-4-6(15)5-8(14)11(7)18-12(19)9-2-1-3-10(16)17-9/h1-5H,(H,18,19). The number of nitrogens with one attached hydrogen (secondary N) is 1. The van der Waals surface area contributed by atoms with Crippen LogP contribution in [0.1, 0.15) is 10.5 Å². The summed E-state index contributed by atoms with van der Waals surface area (Å²) in [6, 6.07) is 5.77. The van der Waals surface area contributed by atoms with E-state index in [0.717, 1.165) is 18.2 Å². The molecule has 0 unspecified atom stereocenters. The molecular formula is C12H6Cl2F2N2O. The number of hydrogen-bond acceptors (Lipinski definition) is 2. The molecule has 0 aliphatic heterocycles. The van der Waals surface area contributed by atoms with E-state index in [9.17, 15) is 13.6 Å². The Kier molecular flexibility index (Phi) is 3.97. The molecule has 0 aliphatic carbocycles. The molecule has 1 aromatic heterocycles. The fraction of sp³-hybridized carbons (Fsp3) is 0. The maximum atomic E-state index is 13.0. The monoisotopic (exact) mass is 302 g/mol. The normalized spacial score (nSPS) is 10.3. The molecule has 0 saturated heterocycles. The summed E-state index contributed by atoms with van der Waals surface area (Å²) in [5, 5.41) is 2.23. The predicted molar refractivity (Wildman–Crippen MR) is 68.6 cm³/mol. The van der Waals surface area contributed by atoms with Gasteiger partial charge in [-0.25, -0.2) is 9.37 Å². The van der Waals surface area contributed by atoms with Gasteiger partial charge in [-0.05, 0) is 24.3 Å². The first-order valence-corrected chi connectivity index (χ1v) is 5.81. The molecule has 1 aromatic carbocycles. The topological polar surface area (TPSA) is 42.0 Å². The third-order valence-electron chi connectivity index (χ3n) is 2.19. The summed E-state index contributed by atoms with van der Waals surface area (Å²) in [5.41, 5.74) is -0.0998. The number of amides is 1. The first-order valence-electron chi connectivity index (χ1n) is 5.06. The Bertz CT molecular complexity index is 626. The Labute approximate surface area is 117 Å². The molecule has 0 radical (unpaired) electrons. The number of pyridine rings is 1. The fourth-order valence-corrected chi connectivity index (χ4v) is 1.93. The highest BCUT2D eigenvalue weighted by Crippen LogP contribution is 2.31. The van der Waals surface area contributed by atoms with Crippen LogP contribution in [0.15, 0.2) is 30.3 Å². The van der Waals surface area contributed by atoms with E-state index in [0.29, 0.717) is 0 Å². The number of nitrogens with zero attached hydrogens (tertiary/aromatic N) is 1. The van der Waals surface area contributed by atoms with E-state index in [1.807, 2.05) is 0 Å². The SMILES string of the molecule is O=C(Nc1c(Cl)cc(F)cc1Cl)c1cccc(F)n1. The molecule has 0 atom stereocenters. The van der Waals surface area contributed by atoms with Gasteiger partial charge in [-0.3, -0.25) is 4.79 Å². The summed E-state index contributed by atoms with van der Waals surface area (Å²) in [4.78, 5) is 15.2. The average molecular weight is 303 g/mol. The van der Waals surface area contributed by atoms with Gasteiger partial charge in [0.2, 0.25) is 5.95 Å². The van der Waals surface area contributed by atoms with Gasteiger partial charge in [-0.2, -0.15) is 4.39 Å². The Hall–Kier alpha value is -1.72. The van der Waals surface area contributed by atoms with Crippen molar-refractivity contribution in [2.24, 2.45) is 0 Å². The molecule has 0 saturated carbocycles. The minimum Gasteiger partial charge on any atom is -0.318 e. The van der Waals surface area contributed by atoms with Crippen LogP contribution in [0.3, 0.4) is 0 Å². The van der Waals surface area contributed by atoms with Crippen LogP contribution in [0.5, 0.6) is 0 Å². The summed E-state index contributed by atoms with van der Waals surface area (Å²) in [5.74, 6) is -2.12. The van der Waals surface area contributed by atoms with E-state index in [2.05, 4.69) is 10.3 Å². The zero-order chi connectivity index (χ0) is 14.0. The van der Waals surface area contributed by atoms with E-state index in [4.69, 9.17) is 23.2 Å². The van der Waals surface area contributed by atoms with Crippen LogP contribution in [-0.4, -0.2) is 10.9 Å². The van der Waals surface area contributed by atoms with Crippen molar-refractivity contribution in [3.63, 3.8) is 0 Å². The van der Waals surface area contributed by atoms with Gasteiger partial charge >= 0.3 is 0 Å². The number of hydrogen-bond donors (Lipinski definition) is 1. The van der Waals surface area contributed by atoms with Crippen LogP contribution in [-0.2, 0) is 0 Å². The lowest BCUT2D eigenvalue weighted by Crippen LogP contribution is -2.14. The van der Waals surface area contributed by atoms with E-state index in [1.54, 1.807) is 0 Å². The third-order valence-corrected chi connectivity index (χ3v) is 2.79. The van der Waals surface area contributed by atoms with E-state index >= 15 is 0 Å². The van der Waals surface area contributed by atoms with E-state index < -0.39 is 17.7 Å². The molecule has 1 N–H and O–H groups in total. The molecule has 0 spiro atoms. The summed E-state index contributed by atoms with van der Waals surface area (Å²) in [6.07, 6.45) is 0. The second-order valence-electron chi connectivity index (χ2n) is 3.54. The summed E-state index contributed by atoms with van der Waals surface area (Å²) in [6.45, 7) is 0. The third kappa shape index (κ3) is 3.19. The molecule has 0 aliphatic rings. The smallest absolute Gasteiger partial charge is 0.274 e. The summed E-state index contributed by atoms with van der Waals surface area (Å²) in [7, 11) is 0. The number of benzene rings is 1. The van der Waals surface area contributed by atoms with Crippen molar-refractivity contribution in [1.29, 1.82) is 0 Å². The molecule has 7 heteroatoms. The maximum Gasteiger partial charge on any atom is 0.274 e. The predicted octanol–water partition coefficient (Wildman–Crippen LogP) is 3.92. The molecule has 98 valence electrons. The number of rotatable bonds is 2. The molecule has 2 rings (SSSR count). The van der Waals surface area contributed by atoms with Gasteiger partial charge < -0.3 is 5.32 Å². The van der Waals surface area contributed by atoms with Crippen molar-refractivity contribution >= 4 is 34.8 Å². The van der Waals surface area contributed by atoms with Crippen molar-refractivity contribution < 1.29 is 13.6 Å². The Morgan fingerprint density at radius 3 is 2.37 bits per heavy atom. The first-order chi connectivity index (χ1) is 8.97. The number of halogens is 4. The van der Waals surface area contributed by atoms with Crippen LogP contribution >= 0.6 is 23.2 Å². The highest BCUT2D eigenvalue weighted by Gasteiger charge is 2.14. The van der Waals surface area contributed by atoms with Gasteiger partial charge in [0.05, 0.1) is 15.7 Å². The van der Waals surface area contributed by atoms with Crippen LogP contribution in [0.25, 0.3) is 0 Å². The second-order valence-corrected chi connectivity index (χ2v) is 4.36. The number of carbonyl (C=O) groups excluding carboxylic acids is 1. The zero-order valence-electron chi connectivity index (χ0n) is 9.25. The molecule has 1 amide bonds. The first kappa shape index (κ1) is 13.7. The Morgan fingerprint density at radius 1 is 1.16 bits per heavy atom. The summed E-state index contributed by atoms with van der Waals surface area (Å²) < 4.78 is 25.9. The number of aromatic nitrogens is 1. The minimum absolute atomic E-state index is 0.0424. The van der Waals surface area contributed by atoms with Crippen LogP contribution in [0.4, 0.5) is 14.5 Å². The molecule has 0 bridgehead atoms. The van der Waals surface area contributed by atoms with Crippen molar-refractivity contribution in [3.05, 3.63) is 57.8 Å². The largest absolute Gasteiger partial charge is 0.318 e. The van der Waals surface area contributed by atoms with Crippen LogP contribution in [0, 0.1) is 11.8 Å². The van der Waals surface area contributed by atoms with Crippen LogP contribution in [0.2, 0.25) is 10.0 Å². The number of carbonyl (C=O) groups is 1. The van der Waals surface area contributed by atoms with Gasteiger partial charge in [0.1, 0.15) is 11.5 Å². The van der Waals surface area contributed by atoms with Crippen LogP contribution < -0.4 is 5.32 Å². The molecule has 2 aromatic rings. The highest BCUT2D eigenvalue weighted by atomic mass is 35.5. The zero-order valence-corrected chi connectivity index (χ0v) is 10.8. The average Bonchev–Trinajstić information content (AvgIpc) is 2.33. The molecule has 0 fully saturated rings. The molecular weight excluding hydrogens is 297 g/mol. The summed E-state index contributed by atoms with van der Waals surface area (Å²) >= 11 is 11.5. The highest BCUT2D eigenvalue weighted by molar-refractivity contribution is 6.40. The lowest BCUT2D eigenvalue weighted by Gasteiger charge is -2.09. The van der Waals surface area contributed by atoms with Crippen molar-refractivity contribution in [1.82, 2.24) is 4.98 Å². The number of anilines is 1. The van der Waals surface area contributed by atoms with Crippen molar-refractivity contribution in [3.8, 4) is 0 Å². The molecule has 1 heterocycles. The van der Waals surface area contributed by atoms with E-state index in [1.165, 1.54) is 12.1 Å². The second kappa shape index (κ2) is 5.50. The lowest BCUT2D eigenvalue weighted by atomic mass is 10.2. The lowest BCUT2D eigenvalue weighted by molar-refractivity contribution is 0.102. The van der Waals surface area contributed by atoms with Crippen molar-refractivity contribution in [2.75, 3.05) is 5.32 Å². The van der Waals surface area contributed by atoms with Gasteiger partial charge in [-0.15, -0.1) is 0 Å². The van der Waals surface area contributed by atoms with E-state index in [-0.39, 0.29) is 21.4 Å². The Balaban J connectivity index is 2.29. The van der Waals surface area contributed by atoms with Crippen molar-refractivity contribution in [2.45, 2.75) is 0 Å². The quantitative estimate of drug-likeness (QED) is 0.854. The van der Waals surface area contributed by atoms with Gasteiger partial charge in [0.25, 0.3) is 5.91 Å². The molecule has 3 nitrogen and oxygen atoms in total. The fourth-order valence-electron chi connectivity index (χ4n) is 1.37. The van der Waals surface area contributed by atoms with Gasteiger partial charge in [-0.1, -0.05) is 29.3 Å². The van der Waals surface area contributed by atoms with Gasteiger partial charge in [0.15, 0.2) is 0 Å². The van der Waals surface area contributed by atoms with Gasteiger partial charge in [0, 0.05) is 0 Å². The molecule has 19 heavy (non-hydrogen) atoms. The maximum absolute atomic E-state index is 13.0. The minimum atomic E-state index is -0.788. The Morgan fingerprint density at radius 2 is 1.79 bits per heavy atom.